The highest BCUT2D eigenvalue weighted by molar-refractivity contribution is 6.06. The van der Waals surface area contributed by atoms with Crippen molar-refractivity contribution in [1.29, 1.82) is 0 Å². The number of carbonyl (C=O) groups is 1. The van der Waals surface area contributed by atoms with Gasteiger partial charge in [0.15, 0.2) is 5.78 Å². The Balaban J connectivity index is 1.83. The van der Waals surface area contributed by atoms with Crippen molar-refractivity contribution in [3.05, 3.63) is 70.8 Å². The maximum absolute atomic E-state index is 12.2. The molecule has 0 bridgehead atoms. The van der Waals surface area contributed by atoms with E-state index in [1.807, 2.05) is 42.8 Å². The van der Waals surface area contributed by atoms with Crippen LogP contribution in [-0.2, 0) is 13.6 Å². The summed E-state index contributed by atoms with van der Waals surface area (Å²) in [4.78, 5) is 12.2. The summed E-state index contributed by atoms with van der Waals surface area (Å²) in [7, 11) is 3.44. The minimum absolute atomic E-state index is 0.0750. The molecule has 2 aromatic heterocycles. The van der Waals surface area contributed by atoms with Crippen LogP contribution < -0.4 is 4.74 Å². The molecule has 2 heterocycles. The van der Waals surface area contributed by atoms with Crippen molar-refractivity contribution in [3.63, 3.8) is 0 Å². The normalized spacial score (nSPS) is 11.2. The Morgan fingerprint density at radius 1 is 1.27 bits per heavy atom. The number of aryl methyl sites for hydroxylation is 3. The van der Waals surface area contributed by atoms with E-state index in [1.165, 1.54) is 0 Å². The van der Waals surface area contributed by atoms with E-state index in [1.54, 1.807) is 43.4 Å². The van der Waals surface area contributed by atoms with Gasteiger partial charge in [0.05, 0.1) is 31.1 Å². The van der Waals surface area contributed by atoms with Crippen LogP contribution in [0.15, 0.2) is 42.7 Å². The van der Waals surface area contributed by atoms with Crippen molar-refractivity contribution in [2.75, 3.05) is 7.11 Å². The van der Waals surface area contributed by atoms with Crippen LogP contribution in [-0.4, -0.2) is 32.5 Å². The summed E-state index contributed by atoms with van der Waals surface area (Å²) in [6, 6.07) is 7.90. The minimum Gasteiger partial charge on any atom is -0.496 e. The number of allylic oxidation sites excluding steroid dienone is 1. The van der Waals surface area contributed by atoms with E-state index in [9.17, 15) is 4.79 Å². The molecular weight excluding hydrogens is 328 g/mol. The van der Waals surface area contributed by atoms with Crippen molar-refractivity contribution >= 4 is 11.9 Å². The number of methoxy groups -OCH3 is 1. The molecular formula is C20H22N4O2. The molecule has 0 saturated carbocycles. The highest BCUT2D eigenvalue weighted by atomic mass is 16.5. The number of benzene rings is 1. The summed E-state index contributed by atoms with van der Waals surface area (Å²) in [6.45, 7) is 4.62. The number of rotatable bonds is 6. The van der Waals surface area contributed by atoms with Crippen LogP contribution in [0.1, 0.15) is 32.9 Å². The van der Waals surface area contributed by atoms with E-state index in [2.05, 4.69) is 10.2 Å². The molecule has 134 valence electrons. The fourth-order valence-corrected chi connectivity index (χ4v) is 2.84. The average Bonchev–Trinajstić information content (AvgIpc) is 3.18. The molecule has 0 amide bonds. The summed E-state index contributed by atoms with van der Waals surface area (Å²) < 4.78 is 9.03. The van der Waals surface area contributed by atoms with Crippen LogP contribution in [0, 0.1) is 13.8 Å². The van der Waals surface area contributed by atoms with Gasteiger partial charge in [-0.1, -0.05) is 12.1 Å². The number of carbonyl (C=O) groups excluding carboxylic acids is 1. The molecule has 6 nitrogen and oxygen atoms in total. The number of nitrogens with zero attached hydrogens (tertiary/aromatic N) is 4. The molecule has 3 aromatic rings. The highest BCUT2D eigenvalue weighted by Crippen LogP contribution is 2.22. The lowest BCUT2D eigenvalue weighted by molar-refractivity contribution is 0.104. The predicted octanol–water partition coefficient (Wildman–Crippen LogP) is 3.19. The van der Waals surface area contributed by atoms with Crippen molar-refractivity contribution in [3.8, 4) is 5.75 Å². The number of hydrogen-bond donors (Lipinski definition) is 0. The van der Waals surface area contributed by atoms with Gasteiger partial charge in [-0.05, 0) is 43.7 Å². The zero-order chi connectivity index (χ0) is 18.7. The van der Waals surface area contributed by atoms with Crippen molar-refractivity contribution in [2.24, 2.45) is 7.05 Å². The Kier molecular flexibility index (Phi) is 5.02. The van der Waals surface area contributed by atoms with Gasteiger partial charge >= 0.3 is 0 Å². The molecule has 0 atom stereocenters. The second-order valence-corrected chi connectivity index (χ2v) is 6.26. The Hall–Kier alpha value is -3.15. The van der Waals surface area contributed by atoms with Crippen LogP contribution in [0.25, 0.3) is 6.08 Å². The first-order chi connectivity index (χ1) is 12.5. The van der Waals surface area contributed by atoms with Gasteiger partial charge < -0.3 is 4.74 Å². The van der Waals surface area contributed by atoms with Gasteiger partial charge in [-0.3, -0.25) is 14.2 Å². The zero-order valence-electron chi connectivity index (χ0n) is 15.4. The van der Waals surface area contributed by atoms with Gasteiger partial charge in [0.2, 0.25) is 0 Å². The molecule has 0 aliphatic rings. The average molecular weight is 350 g/mol. The Labute approximate surface area is 152 Å². The largest absolute Gasteiger partial charge is 0.496 e. The third-order valence-electron chi connectivity index (χ3n) is 4.14. The molecule has 1 aromatic carbocycles. The van der Waals surface area contributed by atoms with E-state index in [-0.39, 0.29) is 5.78 Å². The number of ketones is 1. The van der Waals surface area contributed by atoms with Crippen LogP contribution >= 0.6 is 0 Å². The van der Waals surface area contributed by atoms with Gasteiger partial charge in [-0.25, -0.2) is 0 Å². The summed E-state index contributed by atoms with van der Waals surface area (Å²) in [6.07, 6.45) is 6.63. The minimum atomic E-state index is -0.0750. The molecule has 26 heavy (non-hydrogen) atoms. The third-order valence-corrected chi connectivity index (χ3v) is 4.14. The Morgan fingerprint density at radius 3 is 2.69 bits per heavy atom. The number of hydrogen-bond acceptors (Lipinski definition) is 4. The summed E-state index contributed by atoms with van der Waals surface area (Å²) in [5, 5.41) is 8.53. The summed E-state index contributed by atoms with van der Waals surface area (Å²) in [5.74, 6) is 0.724. The molecule has 0 radical (unpaired) electrons. The molecule has 3 rings (SSSR count). The standard InChI is InChI=1S/C20H22N4O2/c1-14-9-15(2)24(22-14)13-17-10-16(6-8-20(17)26-4)5-7-19(25)18-11-21-23(3)12-18/h5-12H,13H2,1-4H3/b7-5+. The molecule has 0 fully saturated rings. The van der Waals surface area contributed by atoms with Crippen molar-refractivity contribution < 1.29 is 9.53 Å². The van der Waals surface area contributed by atoms with Crippen molar-refractivity contribution in [2.45, 2.75) is 20.4 Å². The van der Waals surface area contributed by atoms with Crippen molar-refractivity contribution in [1.82, 2.24) is 19.6 Å². The molecule has 0 unspecified atom stereocenters. The second kappa shape index (κ2) is 7.39. The molecule has 0 N–H and O–H groups in total. The molecule has 6 heteroatoms. The quantitative estimate of drug-likeness (QED) is 0.506. The fraction of sp³-hybridized carbons (Fsp3) is 0.250. The lowest BCUT2D eigenvalue weighted by Gasteiger charge is -2.11. The molecule has 0 aliphatic heterocycles. The smallest absolute Gasteiger partial charge is 0.189 e. The predicted molar refractivity (Wildman–Crippen MR) is 100 cm³/mol. The van der Waals surface area contributed by atoms with Crippen LogP contribution in [0.4, 0.5) is 0 Å². The zero-order valence-corrected chi connectivity index (χ0v) is 15.4. The Morgan fingerprint density at radius 2 is 2.08 bits per heavy atom. The monoisotopic (exact) mass is 350 g/mol. The fourth-order valence-electron chi connectivity index (χ4n) is 2.84. The van der Waals surface area contributed by atoms with Gasteiger partial charge in [-0.2, -0.15) is 10.2 Å². The topological polar surface area (TPSA) is 61.9 Å². The van der Waals surface area contributed by atoms with Gasteiger partial charge in [0.25, 0.3) is 0 Å². The Bertz CT molecular complexity index is 966. The first kappa shape index (κ1) is 17.7. The van der Waals surface area contributed by atoms with Gasteiger partial charge in [0, 0.05) is 24.5 Å². The summed E-state index contributed by atoms with van der Waals surface area (Å²) in [5.41, 5.74) is 4.59. The maximum atomic E-state index is 12.2. The lowest BCUT2D eigenvalue weighted by Crippen LogP contribution is -2.05. The van der Waals surface area contributed by atoms with E-state index in [0.29, 0.717) is 12.1 Å². The van der Waals surface area contributed by atoms with Gasteiger partial charge in [0.1, 0.15) is 5.75 Å². The van der Waals surface area contributed by atoms with Crippen LogP contribution in [0.5, 0.6) is 5.75 Å². The van der Waals surface area contributed by atoms with E-state index >= 15 is 0 Å². The molecule has 0 aliphatic carbocycles. The van der Waals surface area contributed by atoms with E-state index in [4.69, 9.17) is 4.74 Å². The van der Waals surface area contributed by atoms with Crippen LogP contribution in [0.3, 0.4) is 0 Å². The first-order valence-electron chi connectivity index (χ1n) is 8.35. The SMILES string of the molecule is COc1ccc(/C=C/C(=O)c2cnn(C)c2)cc1Cn1nc(C)cc1C. The lowest BCUT2D eigenvalue weighted by atomic mass is 10.1. The van der Waals surface area contributed by atoms with Crippen LogP contribution in [0.2, 0.25) is 0 Å². The van der Waals surface area contributed by atoms with Gasteiger partial charge in [-0.15, -0.1) is 0 Å². The van der Waals surface area contributed by atoms with E-state index < -0.39 is 0 Å². The highest BCUT2D eigenvalue weighted by Gasteiger charge is 2.09. The third kappa shape index (κ3) is 3.91. The number of ether oxygens (including phenoxy) is 1. The second-order valence-electron chi connectivity index (χ2n) is 6.26. The number of aromatic nitrogens is 4. The van der Waals surface area contributed by atoms with E-state index in [0.717, 1.165) is 28.3 Å². The molecule has 0 spiro atoms. The first-order valence-corrected chi connectivity index (χ1v) is 8.35. The maximum Gasteiger partial charge on any atom is 0.189 e. The summed E-state index contributed by atoms with van der Waals surface area (Å²) >= 11 is 0. The molecule has 0 saturated heterocycles.